The van der Waals surface area contributed by atoms with E-state index in [1.54, 1.807) is 0 Å². The molecule has 0 radical (unpaired) electrons. The van der Waals surface area contributed by atoms with Crippen molar-refractivity contribution < 1.29 is 30.0 Å². The molecule has 0 aromatic heterocycles. The Morgan fingerprint density at radius 1 is 1.21 bits per heavy atom. The van der Waals surface area contributed by atoms with Crippen molar-refractivity contribution in [3.05, 3.63) is 11.3 Å². The molecule has 0 amide bonds. The van der Waals surface area contributed by atoms with Gasteiger partial charge in [-0.15, -0.1) is 6.42 Å². The number of terminal acetylenes is 1. The van der Waals surface area contributed by atoms with Gasteiger partial charge in [-0.2, -0.15) is 0 Å². The van der Waals surface area contributed by atoms with E-state index in [0.29, 0.717) is 25.7 Å². The minimum Gasteiger partial charge on any atom is -0.508 e. The number of carbonyl (C=O) groups excluding carboxylic acids is 1. The van der Waals surface area contributed by atoms with Crippen LogP contribution < -0.4 is 0 Å². The fraction of sp³-hybridized carbons (Fsp3) is 0.783. The molecule has 4 aliphatic rings. The van der Waals surface area contributed by atoms with Gasteiger partial charge in [-0.1, -0.05) is 19.8 Å². The van der Waals surface area contributed by atoms with Crippen LogP contribution in [0.25, 0.3) is 0 Å². The molecule has 0 heterocycles. The lowest BCUT2D eigenvalue weighted by Gasteiger charge is -2.60. The number of esters is 1. The molecule has 4 N–H and O–H groups in total. The number of hydrogen-bond acceptors (Lipinski definition) is 6. The number of aliphatic hydroxyl groups is 4. The van der Waals surface area contributed by atoms with Crippen LogP contribution in [0, 0.1) is 40.9 Å². The molecule has 0 saturated heterocycles. The van der Waals surface area contributed by atoms with Gasteiger partial charge < -0.3 is 25.2 Å². The molecular weight excluding hydrogens is 372 g/mol. The summed E-state index contributed by atoms with van der Waals surface area (Å²) in [5.74, 6) is 2.02. The topological polar surface area (TPSA) is 107 Å². The Morgan fingerprint density at radius 2 is 1.90 bits per heavy atom. The van der Waals surface area contributed by atoms with Gasteiger partial charge >= 0.3 is 5.97 Å². The summed E-state index contributed by atoms with van der Waals surface area (Å²) in [6.07, 6.45) is 6.66. The second kappa shape index (κ2) is 6.47. The molecule has 6 nitrogen and oxygen atoms in total. The number of fused-ring (bicyclic) bond motifs is 5. The minimum absolute atomic E-state index is 0.0892. The Morgan fingerprint density at radius 3 is 2.52 bits per heavy atom. The van der Waals surface area contributed by atoms with E-state index in [0.717, 1.165) is 18.4 Å². The highest BCUT2D eigenvalue weighted by molar-refractivity contribution is 5.66. The molecule has 9 atom stereocenters. The predicted molar refractivity (Wildman–Crippen MR) is 105 cm³/mol. The van der Waals surface area contributed by atoms with Gasteiger partial charge in [-0.05, 0) is 67.3 Å². The van der Waals surface area contributed by atoms with Crippen LogP contribution in [0.2, 0.25) is 0 Å². The minimum atomic E-state index is -1.59. The van der Waals surface area contributed by atoms with E-state index in [4.69, 9.17) is 11.2 Å². The maximum absolute atomic E-state index is 11.4. The van der Waals surface area contributed by atoms with E-state index in [2.05, 4.69) is 12.8 Å². The first-order chi connectivity index (χ1) is 13.5. The van der Waals surface area contributed by atoms with Crippen LogP contribution in [0.3, 0.4) is 0 Å². The first-order valence-corrected chi connectivity index (χ1v) is 10.7. The molecule has 4 rings (SSSR count). The molecule has 160 valence electrons. The van der Waals surface area contributed by atoms with E-state index in [1.165, 1.54) is 6.92 Å². The summed E-state index contributed by atoms with van der Waals surface area (Å²) in [5, 5.41) is 43.7. The number of aliphatic hydroxyl groups excluding tert-OH is 3. The molecule has 0 bridgehead atoms. The first-order valence-electron chi connectivity index (χ1n) is 10.7. The van der Waals surface area contributed by atoms with Gasteiger partial charge in [0.25, 0.3) is 0 Å². The smallest absolute Gasteiger partial charge is 0.303 e. The summed E-state index contributed by atoms with van der Waals surface area (Å²) in [5.41, 5.74) is -1.77. The monoisotopic (exact) mass is 404 g/mol. The summed E-state index contributed by atoms with van der Waals surface area (Å²) < 4.78 is 5.29. The van der Waals surface area contributed by atoms with Gasteiger partial charge in [0, 0.05) is 12.3 Å². The van der Waals surface area contributed by atoms with Gasteiger partial charge in [0.05, 0.1) is 12.2 Å². The normalized spacial score (nSPS) is 51.5. The van der Waals surface area contributed by atoms with E-state index in [-0.39, 0.29) is 28.9 Å². The molecule has 3 fully saturated rings. The fourth-order valence-electron chi connectivity index (χ4n) is 7.37. The Labute approximate surface area is 172 Å². The zero-order valence-electron chi connectivity index (χ0n) is 17.4. The van der Waals surface area contributed by atoms with Crippen LogP contribution in [0.1, 0.15) is 59.3 Å². The number of ether oxygens (including phenoxy) is 1. The van der Waals surface area contributed by atoms with Crippen molar-refractivity contribution in [1.82, 2.24) is 0 Å². The van der Waals surface area contributed by atoms with E-state index in [1.807, 2.05) is 6.92 Å². The SMILES string of the molecule is C#C[C@]1(O)[C@H](O)C[C@H]2[C@@H]3[C@@H](O)CC4=C(O)[C@@H](OC(C)=O)CC[C@]4(C)[C@H]3CC[C@@]21C. The summed E-state index contributed by atoms with van der Waals surface area (Å²) in [6, 6.07) is 0. The molecule has 3 saturated carbocycles. The van der Waals surface area contributed by atoms with Gasteiger partial charge in [0.15, 0.2) is 11.7 Å². The highest BCUT2D eigenvalue weighted by atomic mass is 16.6. The zero-order chi connectivity index (χ0) is 21.4. The molecular formula is C23H32O6. The van der Waals surface area contributed by atoms with Gasteiger partial charge in [-0.3, -0.25) is 4.79 Å². The molecule has 0 spiro atoms. The van der Waals surface area contributed by atoms with Crippen LogP contribution in [0.5, 0.6) is 0 Å². The highest BCUT2D eigenvalue weighted by Crippen LogP contribution is 2.67. The van der Waals surface area contributed by atoms with Crippen molar-refractivity contribution in [1.29, 1.82) is 0 Å². The Balaban J connectivity index is 1.73. The van der Waals surface area contributed by atoms with Crippen LogP contribution in [-0.4, -0.2) is 50.3 Å². The van der Waals surface area contributed by atoms with Crippen molar-refractivity contribution >= 4 is 5.97 Å². The Hall–Kier alpha value is -1.55. The average Bonchev–Trinajstić information content (AvgIpc) is 2.86. The Kier molecular flexibility index (Phi) is 4.62. The molecule has 4 aliphatic carbocycles. The third-order valence-corrected chi connectivity index (χ3v) is 8.99. The van der Waals surface area contributed by atoms with Crippen LogP contribution in [-0.2, 0) is 9.53 Å². The summed E-state index contributed by atoms with van der Waals surface area (Å²) in [6.45, 7) is 5.41. The lowest BCUT2D eigenvalue weighted by atomic mass is 9.45. The average molecular weight is 405 g/mol. The van der Waals surface area contributed by atoms with Gasteiger partial charge in [-0.25, -0.2) is 0 Å². The van der Waals surface area contributed by atoms with E-state index in [9.17, 15) is 25.2 Å². The number of hydrogen-bond donors (Lipinski definition) is 4. The molecule has 0 aromatic carbocycles. The molecule has 29 heavy (non-hydrogen) atoms. The fourth-order valence-corrected chi connectivity index (χ4v) is 7.37. The summed E-state index contributed by atoms with van der Waals surface area (Å²) in [4.78, 5) is 11.4. The van der Waals surface area contributed by atoms with Gasteiger partial charge in [0.1, 0.15) is 5.76 Å². The van der Waals surface area contributed by atoms with Crippen molar-refractivity contribution in [3.8, 4) is 12.3 Å². The molecule has 0 unspecified atom stereocenters. The molecule has 6 heteroatoms. The third-order valence-electron chi connectivity index (χ3n) is 8.99. The van der Waals surface area contributed by atoms with E-state index >= 15 is 0 Å². The largest absolute Gasteiger partial charge is 0.508 e. The maximum atomic E-state index is 11.4. The molecule has 0 aliphatic heterocycles. The lowest BCUT2D eigenvalue weighted by molar-refractivity contribution is -0.154. The second-order valence-electron chi connectivity index (χ2n) is 10.1. The Bertz CT molecular complexity index is 798. The van der Waals surface area contributed by atoms with Gasteiger partial charge in [0.2, 0.25) is 0 Å². The summed E-state index contributed by atoms with van der Waals surface area (Å²) in [7, 11) is 0. The quantitative estimate of drug-likeness (QED) is 0.394. The van der Waals surface area contributed by atoms with Crippen molar-refractivity contribution in [2.75, 3.05) is 0 Å². The lowest BCUT2D eigenvalue weighted by Crippen LogP contribution is -2.59. The molecule has 0 aromatic rings. The van der Waals surface area contributed by atoms with Crippen molar-refractivity contribution in [2.45, 2.75) is 83.2 Å². The summed E-state index contributed by atoms with van der Waals surface area (Å²) >= 11 is 0. The van der Waals surface area contributed by atoms with Crippen molar-refractivity contribution in [2.24, 2.45) is 28.6 Å². The predicted octanol–water partition coefficient (Wildman–Crippen LogP) is 2.07. The van der Waals surface area contributed by atoms with Crippen LogP contribution in [0.4, 0.5) is 0 Å². The van der Waals surface area contributed by atoms with Crippen LogP contribution >= 0.6 is 0 Å². The first kappa shape index (κ1) is 20.7. The standard InChI is InChI=1S/C23H32O6/c1-5-23(28)18(26)11-14-19-13(6-9-22(14,23)4)21(3)8-7-17(29-12(2)24)20(27)15(21)10-16(19)25/h1,13-14,16-19,25-28H,6-11H2,2-4H3/t13-,14-,16-,17-,18+,19+,21+,22-,23-/m0/s1. The maximum Gasteiger partial charge on any atom is 0.303 e. The van der Waals surface area contributed by atoms with E-state index < -0.39 is 35.3 Å². The number of carbonyl (C=O) groups is 1. The zero-order valence-corrected chi connectivity index (χ0v) is 17.4. The third kappa shape index (κ3) is 2.57. The number of rotatable bonds is 1. The second-order valence-corrected chi connectivity index (χ2v) is 10.1. The highest BCUT2D eigenvalue weighted by Gasteiger charge is 2.68. The van der Waals surface area contributed by atoms with Crippen LogP contribution in [0.15, 0.2) is 11.3 Å². The van der Waals surface area contributed by atoms with Crippen molar-refractivity contribution in [3.63, 3.8) is 0 Å².